The molecule has 25 heavy (non-hydrogen) atoms. The van der Waals surface area contributed by atoms with Gasteiger partial charge in [0.15, 0.2) is 0 Å². The summed E-state index contributed by atoms with van der Waals surface area (Å²) in [4.78, 5) is 18.5. The van der Waals surface area contributed by atoms with E-state index >= 15 is 0 Å². The smallest absolute Gasteiger partial charge is 0.320 e. The van der Waals surface area contributed by atoms with Gasteiger partial charge in [-0.2, -0.15) is 5.10 Å². The van der Waals surface area contributed by atoms with Gasteiger partial charge >= 0.3 is 6.03 Å². The van der Waals surface area contributed by atoms with Crippen LogP contribution in [0.3, 0.4) is 0 Å². The van der Waals surface area contributed by atoms with Gasteiger partial charge in [0.1, 0.15) is 11.6 Å². The molecule has 0 bridgehead atoms. The molecule has 1 fully saturated rings. The maximum Gasteiger partial charge on any atom is 0.320 e. The summed E-state index contributed by atoms with van der Waals surface area (Å²) in [5.74, 6) is 1.65. The molecule has 2 N–H and O–H groups in total. The SMILES string of the molecule is CN(C)c1ccc(CNC(=O)Nc2ccnn2C2CCCCC2)cn1. The fourth-order valence-electron chi connectivity index (χ4n) is 3.16. The molecule has 2 aromatic heterocycles. The normalized spacial score (nSPS) is 15.0. The van der Waals surface area contributed by atoms with E-state index < -0.39 is 0 Å². The standard InChI is InChI=1S/C18H26N6O/c1-23(2)16-9-8-14(12-19-16)13-20-18(25)22-17-10-11-21-24(17)15-6-4-3-5-7-15/h8-12,15H,3-7,13H2,1-2H3,(H2,20,22,25). The van der Waals surface area contributed by atoms with Crippen molar-refractivity contribution in [3.05, 3.63) is 36.2 Å². The van der Waals surface area contributed by atoms with E-state index in [1.165, 1.54) is 19.3 Å². The van der Waals surface area contributed by atoms with Gasteiger partial charge < -0.3 is 10.2 Å². The van der Waals surface area contributed by atoms with Crippen LogP contribution in [0.5, 0.6) is 0 Å². The van der Waals surface area contributed by atoms with Crippen LogP contribution in [0.4, 0.5) is 16.4 Å². The second-order valence-electron chi connectivity index (χ2n) is 6.68. The van der Waals surface area contributed by atoms with Crippen LogP contribution in [0.1, 0.15) is 43.7 Å². The molecule has 1 aliphatic rings. The number of nitrogens with one attached hydrogen (secondary N) is 2. The summed E-state index contributed by atoms with van der Waals surface area (Å²) in [6.45, 7) is 0.435. The van der Waals surface area contributed by atoms with Crippen LogP contribution in [0.15, 0.2) is 30.6 Å². The molecule has 0 unspecified atom stereocenters. The number of hydrogen-bond acceptors (Lipinski definition) is 4. The van der Waals surface area contributed by atoms with E-state index in [4.69, 9.17) is 0 Å². The molecule has 7 heteroatoms. The van der Waals surface area contributed by atoms with Gasteiger partial charge in [-0.3, -0.25) is 5.32 Å². The van der Waals surface area contributed by atoms with E-state index in [1.54, 1.807) is 12.4 Å². The van der Waals surface area contributed by atoms with Gasteiger partial charge in [-0.25, -0.2) is 14.5 Å². The summed E-state index contributed by atoms with van der Waals surface area (Å²) in [7, 11) is 3.90. The Morgan fingerprint density at radius 1 is 1.24 bits per heavy atom. The highest BCUT2D eigenvalue weighted by atomic mass is 16.2. The van der Waals surface area contributed by atoms with Crippen molar-refractivity contribution in [1.82, 2.24) is 20.1 Å². The van der Waals surface area contributed by atoms with Crippen molar-refractivity contribution in [2.45, 2.75) is 44.7 Å². The first-order valence-electron chi connectivity index (χ1n) is 8.84. The lowest BCUT2D eigenvalue weighted by Gasteiger charge is -2.23. The minimum Gasteiger partial charge on any atom is -0.363 e. The van der Waals surface area contributed by atoms with E-state index in [9.17, 15) is 4.79 Å². The van der Waals surface area contributed by atoms with Gasteiger partial charge in [0.2, 0.25) is 0 Å². The molecule has 0 saturated heterocycles. The molecule has 2 aromatic rings. The maximum atomic E-state index is 12.2. The average molecular weight is 342 g/mol. The highest BCUT2D eigenvalue weighted by molar-refractivity contribution is 5.88. The molecule has 3 rings (SSSR count). The van der Waals surface area contributed by atoms with E-state index in [1.807, 2.05) is 41.9 Å². The summed E-state index contributed by atoms with van der Waals surface area (Å²) in [5.41, 5.74) is 0.960. The summed E-state index contributed by atoms with van der Waals surface area (Å²) in [6, 6.07) is 5.92. The zero-order valence-corrected chi connectivity index (χ0v) is 14.9. The van der Waals surface area contributed by atoms with E-state index in [0.717, 1.165) is 30.0 Å². The molecule has 2 heterocycles. The van der Waals surface area contributed by atoms with Crippen LogP contribution >= 0.6 is 0 Å². The molecule has 1 saturated carbocycles. The van der Waals surface area contributed by atoms with Crippen molar-refractivity contribution in [3.63, 3.8) is 0 Å². The highest BCUT2D eigenvalue weighted by Crippen LogP contribution is 2.29. The molecule has 0 aromatic carbocycles. The Morgan fingerprint density at radius 3 is 2.72 bits per heavy atom. The van der Waals surface area contributed by atoms with Crippen molar-refractivity contribution in [3.8, 4) is 0 Å². The van der Waals surface area contributed by atoms with Crippen molar-refractivity contribution in [2.75, 3.05) is 24.3 Å². The molecule has 0 radical (unpaired) electrons. The largest absolute Gasteiger partial charge is 0.363 e. The van der Waals surface area contributed by atoms with E-state index in [-0.39, 0.29) is 6.03 Å². The lowest BCUT2D eigenvalue weighted by atomic mass is 9.96. The van der Waals surface area contributed by atoms with Crippen molar-refractivity contribution >= 4 is 17.7 Å². The molecule has 7 nitrogen and oxygen atoms in total. The first-order chi connectivity index (χ1) is 12.1. The minimum atomic E-state index is -0.228. The highest BCUT2D eigenvalue weighted by Gasteiger charge is 2.19. The van der Waals surface area contributed by atoms with Crippen molar-refractivity contribution in [1.29, 1.82) is 0 Å². The minimum absolute atomic E-state index is 0.228. The number of rotatable bonds is 5. The first-order valence-corrected chi connectivity index (χ1v) is 8.84. The van der Waals surface area contributed by atoms with Gasteiger partial charge in [-0.15, -0.1) is 0 Å². The number of carbonyl (C=O) groups excluding carboxylic acids is 1. The predicted molar refractivity (Wildman–Crippen MR) is 98.8 cm³/mol. The first kappa shape index (κ1) is 17.3. The molecule has 134 valence electrons. The summed E-state index contributed by atoms with van der Waals surface area (Å²) in [5, 5.41) is 10.2. The van der Waals surface area contributed by atoms with Gasteiger partial charge in [0.05, 0.1) is 12.2 Å². The maximum absolute atomic E-state index is 12.2. The van der Waals surface area contributed by atoms with Crippen LogP contribution in [-0.2, 0) is 6.54 Å². The Hall–Kier alpha value is -2.57. The average Bonchev–Trinajstić information content (AvgIpc) is 3.09. The number of carbonyl (C=O) groups is 1. The third-order valence-electron chi connectivity index (χ3n) is 4.55. The summed E-state index contributed by atoms with van der Waals surface area (Å²) in [6.07, 6.45) is 9.53. The third kappa shape index (κ3) is 4.49. The van der Waals surface area contributed by atoms with Gasteiger partial charge in [0.25, 0.3) is 0 Å². The molecule has 0 aliphatic heterocycles. The second-order valence-corrected chi connectivity index (χ2v) is 6.68. The van der Waals surface area contributed by atoms with Crippen LogP contribution in [-0.4, -0.2) is 34.9 Å². The Bertz CT molecular complexity index is 688. The zero-order chi connectivity index (χ0) is 17.6. The van der Waals surface area contributed by atoms with Gasteiger partial charge in [0, 0.05) is 32.9 Å². The number of nitrogens with zero attached hydrogens (tertiary/aromatic N) is 4. The van der Waals surface area contributed by atoms with Gasteiger partial charge in [-0.05, 0) is 24.5 Å². The number of urea groups is 1. The Morgan fingerprint density at radius 2 is 2.04 bits per heavy atom. The number of amides is 2. The lowest BCUT2D eigenvalue weighted by Crippen LogP contribution is -2.30. The Kier molecular flexibility index (Phi) is 5.53. The molecular weight excluding hydrogens is 316 g/mol. The number of hydrogen-bond donors (Lipinski definition) is 2. The second kappa shape index (κ2) is 8.00. The van der Waals surface area contributed by atoms with Crippen molar-refractivity contribution in [2.24, 2.45) is 0 Å². The molecule has 0 atom stereocenters. The van der Waals surface area contributed by atoms with Gasteiger partial charge in [-0.1, -0.05) is 25.3 Å². The molecular formula is C18H26N6O. The number of anilines is 2. The zero-order valence-electron chi connectivity index (χ0n) is 14.9. The van der Waals surface area contributed by atoms with Crippen LogP contribution in [0, 0.1) is 0 Å². The summed E-state index contributed by atoms with van der Waals surface area (Å²) >= 11 is 0. The van der Waals surface area contributed by atoms with E-state index in [0.29, 0.717) is 12.6 Å². The monoisotopic (exact) mass is 342 g/mol. The third-order valence-corrected chi connectivity index (χ3v) is 4.55. The van der Waals surface area contributed by atoms with Crippen LogP contribution < -0.4 is 15.5 Å². The molecule has 2 amide bonds. The summed E-state index contributed by atoms with van der Waals surface area (Å²) < 4.78 is 1.95. The van der Waals surface area contributed by atoms with Crippen LogP contribution in [0.25, 0.3) is 0 Å². The topological polar surface area (TPSA) is 75.1 Å². The van der Waals surface area contributed by atoms with E-state index in [2.05, 4.69) is 20.7 Å². The predicted octanol–water partition coefficient (Wildman–Crippen LogP) is 3.17. The Labute approximate surface area is 148 Å². The fraction of sp³-hybridized carbons (Fsp3) is 0.500. The Balaban J connectivity index is 1.53. The molecule has 0 spiro atoms. The number of aromatic nitrogens is 3. The molecule has 1 aliphatic carbocycles. The van der Waals surface area contributed by atoms with Crippen LogP contribution in [0.2, 0.25) is 0 Å². The quantitative estimate of drug-likeness (QED) is 0.875. The number of pyridine rings is 1. The fourth-order valence-corrected chi connectivity index (χ4v) is 3.16. The van der Waals surface area contributed by atoms with Crippen molar-refractivity contribution < 1.29 is 4.79 Å². The lowest BCUT2D eigenvalue weighted by molar-refractivity contribution is 0.251.